The summed E-state index contributed by atoms with van der Waals surface area (Å²) < 4.78 is 1.47. The second-order valence-electron chi connectivity index (χ2n) is 9.49. The van der Waals surface area contributed by atoms with Gasteiger partial charge in [-0.05, 0) is 87.5 Å². The van der Waals surface area contributed by atoms with Crippen LogP contribution < -0.4 is 11.0 Å². The van der Waals surface area contributed by atoms with Crippen LogP contribution in [0.3, 0.4) is 0 Å². The Bertz CT molecular complexity index is 1070. The lowest BCUT2D eigenvalue weighted by Crippen LogP contribution is -2.46. The Labute approximate surface area is 173 Å². The van der Waals surface area contributed by atoms with Crippen molar-refractivity contribution in [3.8, 4) is 0 Å². The van der Waals surface area contributed by atoms with E-state index in [0.717, 1.165) is 46.9 Å². The lowest BCUT2D eigenvalue weighted by molar-refractivity contribution is -0.123. The van der Waals surface area contributed by atoms with Crippen molar-refractivity contribution in [2.45, 2.75) is 64.3 Å². The first kappa shape index (κ1) is 17.8. The van der Waals surface area contributed by atoms with Crippen molar-refractivity contribution in [2.75, 3.05) is 0 Å². The van der Waals surface area contributed by atoms with Gasteiger partial charge >= 0.3 is 0 Å². The summed E-state index contributed by atoms with van der Waals surface area (Å²) in [5.74, 6) is 2.61. The number of aromatic nitrogens is 2. The van der Waals surface area contributed by atoms with E-state index in [0.29, 0.717) is 11.8 Å². The molecular weight excluding hydrogens is 384 g/mol. The summed E-state index contributed by atoms with van der Waals surface area (Å²) in [5, 5.41) is 5.31. The fraction of sp³-hybridized carbons (Fsp3) is 0.636. The minimum absolute atomic E-state index is 0.0978. The number of fused-ring (bicyclic) bond motifs is 3. The standard InChI is InChI=1S/C22H26N4O2S/c1-11(26-10-23-21-18(22(26)28)16-3-2-4-17(16)29-21)20(27)25-24-19-14-6-12-5-13(8-14)9-15(19)7-12/h10-15H,2-9H2,1H3,(H,25,27)/t11-,12?,13?,14?,15?/m1/s1. The average molecular weight is 411 g/mol. The van der Waals surface area contributed by atoms with Crippen LogP contribution in [0, 0.1) is 23.7 Å². The molecule has 7 heteroatoms. The molecule has 1 atom stereocenters. The maximum Gasteiger partial charge on any atom is 0.263 e. The van der Waals surface area contributed by atoms with Crippen LogP contribution in [0.25, 0.3) is 10.2 Å². The molecule has 0 aromatic carbocycles. The smallest absolute Gasteiger partial charge is 0.263 e. The van der Waals surface area contributed by atoms with Crippen LogP contribution in [-0.4, -0.2) is 21.2 Å². The van der Waals surface area contributed by atoms with Gasteiger partial charge in [-0.25, -0.2) is 10.4 Å². The molecule has 152 valence electrons. The van der Waals surface area contributed by atoms with E-state index >= 15 is 0 Å². The Morgan fingerprint density at radius 2 is 1.93 bits per heavy atom. The molecule has 2 aromatic rings. The van der Waals surface area contributed by atoms with Crippen LogP contribution in [-0.2, 0) is 17.6 Å². The third-order valence-corrected chi connectivity index (χ3v) is 8.92. The lowest BCUT2D eigenvalue weighted by atomic mass is 9.55. The first-order valence-corrected chi connectivity index (χ1v) is 11.8. The number of thiophene rings is 1. The van der Waals surface area contributed by atoms with E-state index in [4.69, 9.17) is 0 Å². The largest absolute Gasteiger partial charge is 0.286 e. The molecule has 0 spiro atoms. The number of hydrogen-bond acceptors (Lipinski definition) is 5. The van der Waals surface area contributed by atoms with E-state index in [1.807, 2.05) is 0 Å². The van der Waals surface area contributed by atoms with Gasteiger partial charge in [0.2, 0.25) is 0 Å². The van der Waals surface area contributed by atoms with E-state index in [-0.39, 0.29) is 11.5 Å². The van der Waals surface area contributed by atoms with Crippen LogP contribution in [0.5, 0.6) is 0 Å². The molecule has 0 radical (unpaired) electrons. The predicted octanol–water partition coefficient (Wildman–Crippen LogP) is 3.44. The van der Waals surface area contributed by atoms with Gasteiger partial charge in [-0.15, -0.1) is 11.3 Å². The number of amides is 1. The quantitative estimate of drug-likeness (QED) is 0.788. The van der Waals surface area contributed by atoms with Crippen LogP contribution >= 0.6 is 11.3 Å². The predicted molar refractivity (Wildman–Crippen MR) is 113 cm³/mol. The Morgan fingerprint density at radius 1 is 1.21 bits per heavy atom. The Kier molecular flexibility index (Phi) is 3.98. The molecule has 5 aliphatic carbocycles. The molecule has 2 heterocycles. The molecule has 4 fully saturated rings. The highest BCUT2D eigenvalue weighted by molar-refractivity contribution is 7.18. The molecule has 4 bridgehead atoms. The van der Waals surface area contributed by atoms with Gasteiger partial charge in [0.1, 0.15) is 10.9 Å². The van der Waals surface area contributed by atoms with Crippen LogP contribution in [0.1, 0.15) is 61.9 Å². The molecule has 5 aliphatic rings. The summed E-state index contributed by atoms with van der Waals surface area (Å²) >= 11 is 1.62. The molecule has 7 rings (SSSR count). The SMILES string of the molecule is C[C@H](C(=O)NN=C1C2CC3CC(C2)CC1C3)n1cnc2sc3c(c2c1=O)CCC3. The highest BCUT2D eigenvalue weighted by Gasteiger charge is 2.46. The molecule has 4 saturated carbocycles. The average Bonchev–Trinajstić information content (AvgIpc) is 3.27. The van der Waals surface area contributed by atoms with Crippen molar-refractivity contribution in [1.82, 2.24) is 15.0 Å². The van der Waals surface area contributed by atoms with Gasteiger partial charge in [-0.3, -0.25) is 14.2 Å². The third-order valence-electron chi connectivity index (χ3n) is 7.72. The minimum atomic E-state index is -0.627. The first-order chi connectivity index (χ1) is 14.1. The number of hydrogen-bond donors (Lipinski definition) is 1. The molecule has 6 nitrogen and oxygen atoms in total. The minimum Gasteiger partial charge on any atom is -0.286 e. The van der Waals surface area contributed by atoms with Crippen molar-refractivity contribution < 1.29 is 4.79 Å². The number of hydrazone groups is 1. The van der Waals surface area contributed by atoms with E-state index < -0.39 is 6.04 Å². The van der Waals surface area contributed by atoms with E-state index in [1.54, 1.807) is 18.3 Å². The summed E-state index contributed by atoms with van der Waals surface area (Å²) in [6.07, 6.45) is 10.9. The summed E-state index contributed by atoms with van der Waals surface area (Å²) in [6, 6.07) is -0.627. The number of aryl methyl sites for hydroxylation is 2. The summed E-state index contributed by atoms with van der Waals surface area (Å²) in [4.78, 5) is 32.5. The summed E-state index contributed by atoms with van der Waals surface area (Å²) in [6.45, 7) is 1.76. The fourth-order valence-corrected chi connectivity index (χ4v) is 7.68. The second kappa shape index (κ2) is 6.49. The molecular formula is C22H26N4O2S. The van der Waals surface area contributed by atoms with Crippen molar-refractivity contribution in [2.24, 2.45) is 28.8 Å². The first-order valence-electron chi connectivity index (χ1n) is 11.0. The molecule has 2 aromatic heterocycles. The van der Waals surface area contributed by atoms with Crippen molar-refractivity contribution in [3.05, 3.63) is 27.1 Å². The molecule has 1 N–H and O–H groups in total. The van der Waals surface area contributed by atoms with Gasteiger partial charge in [0.25, 0.3) is 11.5 Å². The lowest BCUT2D eigenvalue weighted by Gasteiger charge is -2.50. The zero-order chi connectivity index (χ0) is 19.7. The molecule has 0 unspecified atom stereocenters. The van der Waals surface area contributed by atoms with Gasteiger partial charge in [0.15, 0.2) is 0 Å². The van der Waals surface area contributed by atoms with Crippen LogP contribution in [0.15, 0.2) is 16.2 Å². The van der Waals surface area contributed by atoms with Gasteiger partial charge in [0, 0.05) is 10.6 Å². The second-order valence-corrected chi connectivity index (χ2v) is 10.6. The Balaban J connectivity index is 1.25. The maximum absolute atomic E-state index is 13.1. The normalized spacial score (nSPS) is 30.6. The highest BCUT2D eigenvalue weighted by atomic mass is 32.1. The monoisotopic (exact) mass is 410 g/mol. The highest BCUT2D eigenvalue weighted by Crippen LogP contribution is 2.52. The van der Waals surface area contributed by atoms with Crippen molar-refractivity contribution >= 4 is 33.2 Å². The number of carbonyl (C=O) groups excluding carboxylic acids is 1. The number of rotatable bonds is 3. The van der Waals surface area contributed by atoms with E-state index in [2.05, 4.69) is 15.5 Å². The Morgan fingerprint density at radius 3 is 2.66 bits per heavy atom. The van der Waals surface area contributed by atoms with Gasteiger partial charge in [-0.2, -0.15) is 5.10 Å². The number of nitrogens with zero attached hydrogens (tertiary/aromatic N) is 3. The zero-order valence-corrected chi connectivity index (χ0v) is 17.5. The van der Waals surface area contributed by atoms with Crippen LogP contribution in [0.4, 0.5) is 0 Å². The summed E-state index contributed by atoms with van der Waals surface area (Å²) in [7, 11) is 0. The van der Waals surface area contributed by atoms with Gasteiger partial charge in [-0.1, -0.05) is 0 Å². The fourth-order valence-electron chi connectivity index (χ4n) is 6.46. The maximum atomic E-state index is 13.1. The topological polar surface area (TPSA) is 76.3 Å². The molecule has 0 saturated heterocycles. The molecule has 1 amide bonds. The van der Waals surface area contributed by atoms with Gasteiger partial charge < -0.3 is 0 Å². The summed E-state index contributed by atoms with van der Waals surface area (Å²) in [5.41, 5.74) is 5.05. The van der Waals surface area contributed by atoms with Crippen LogP contribution in [0.2, 0.25) is 0 Å². The molecule has 29 heavy (non-hydrogen) atoms. The van der Waals surface area contributed by atoms with E-state index in [1.165, 1.54) is 53.6 Å². The zero-order valence-electron chi connectivity index (χ0n) is 16.7. The third kappa shape index (κ3) is 2.73. The van der Waals surface area contributed by atoms with Gasteiger partial charge in [0.05, 0.1) is 11.7 Å². The number of carbonyl (C=O) groups is 1. The van der Waals surface area contributed by atoms with E-state index in [9.17, 15) is 9.59 Å². The number of nitrogens with one attached hydrogen (secondary N) is 1. The molecule has 0 aliphatic heterocycles. The van der Waals surface area contributed by atoms with Crippen molar-refractivity contribution in [1.29, 1.82) is 0 Å². The van der Waals surface area contributed by atoms with Crippen molar-refractivity contribution in [3.63, 3.8) is 0 Å². The Hall–Kier alpha value is -2.02.